The molecule has 1 amide bonds. The van der Waals surface area contributed by atoms with Crippen LogP contribution in [-0.4, -0.2) is 38.9 Å². The lowest BCUT2D eigenvalue weighted by Crippen LogP contribution is -2.13. The highest BCUT2D eigenvalue weighted by Crippen LogP contribution is 2.26. The number of hydrogen-bond donors (Lipinski definition) is 2. The molecule has 2 aromatic heterocycles. The van der Waals surface area contributed by atoms with E-state index in [4.69, 9.17) is 4.74 Å². The molecule has 0 bridgehead atoms. The first kappa shape index (κ1) is 18.2. The van der Waals surface area contributed by atoms with Crippen LogP contribution < -0.4 is 10.1 Å². The Morgan fingerprint density at radius 3 is 2.83 bits per heavy atom. The Bertz CT molecular complexity index is 777. The number of anilines is 1. The Morgan fingerprint density at radius 1 is 1.38 bits per heavy atom. The molecule has 0 atom stereocenters. The molecule has 3 aromatic rings. The van der Waals surface area contributed by atoms with Crippen LogP contribution in [0.5, 0.6) is 5.75 Å². The number of amides is 1. The first-order chi connectivity index (χ1) is 11.2. The van der Waals surface area contributed by atoms with Crippen molar-refractivity contribution in [3.05, 3.63) is 36.0 Å². The number of carbonyl (C=O) groups excluding carboxylic acids is 1. The number of carbonyl (C=O) groups is 1. The van der Waals surface area contributed by atoms with Crippen molar-refractivity contribution in [3.63, 3.8) is 0 Å². The van der Waals surface area contributed by atoms with Crippen LogP contribution in [0, 0.1) is 0 Å². The molecule has 1 aromatic carbocycles. The molecule has 0 spiro atoms. The molecule has 0 aliphatic rings. The van der Waals surface area contributed by atoms with E-state index >= 15 is 0 Å². The van der Waals surface area contributed by atoms with Gasteiger partial charge in [-0.2, -0.15) is 5.10 Å². The Hall–Kier alpha value is -2.10. The second-order valence-corrected chi connectivity index (χ2v) is 6.22. The number of benzene rings is 1. The number of nitrogens with one attached hydrogen (secondary N) is 2. The van der Waals surface area contributed by atoms with Gasteiger partial charge >= 0.3 is 0 Å². The summed E-state index contributed by atoms with van der Waals surface area (Å²) in [5, 5.41) is 12.3. The lowest BCUT2D eigenvalue weighted by atomic mass is 10.2. The molecule has 24 heavy (non-hydrogen) atoms. The third kappa shape index (κ3) is 4.70. The quantitative estimate of drug-likeness (QED) is 0.635. The first-order valence-electron chi connectivity index (χ1n) is 6.62. The van der Waals surface area contributed by atoms with Gasteiger partial charge in [-0.15, -0.1) is 23.7 Å². The van der Waals surface area contributed by atoms with E-state index in [9.17, 15) is 4.79 Å². The van der Waals surface area contributed by atoms with E-state index in [1.807, 2.05) is 29.6 Å². The summed E-state index contributed by atoms with van der Waals surface area (Å²) in [5.41, 5.74) is 1.79. The zero-order valence-corrected chi connectivity index (χ0v) is 15.0. The molecule has 126 valence electrons. The Morgan fingerprint density at radius 2 is 2.17 bits per heavy atom. The zero-order chi connectivity index (χ0) is 16.1. The standard InChI is InChI=1S/C14H13N5O2S2.ClH/c1-21-10-4-2-9(3-5-10)11-6-22-14(17-11)18-12(20)7-23-13-15-8-16-19-13;/h2-6,8H,7H2,1H3,(H,15,16,19)(H,17,18,20);1H. The Kier molecular flexibility index (Phi) is 6.59. The molecule has 0 saturated heterocycles. The normalized spacial score (nSPS) is 10.0. The Balaban J connectivity index is 0.00000208. The molecule has 0 fully saturated rings. The maximum Gasteiger partial charge on any atom is 0.236 e. The number of H-pyrrole nitrogens is 1. The highest BCUT2D eigenvalue weighted by atomic mass is 35.5. The van der Waals surface area contributed by atoms with Crippen molar-refractivity contribution in [1.29, 1.82) is 0 Å². The average Bonchev–Trinajstić information content (AvgIpc) is 3.25. The van der Waals surface area contributed by atoms with Crippen LogP contribution in [0.4, 0.5) is 5.13 Å². The number of rotatable bonds is 6. The van der Waals surface area contributed by atoms with Gasteiger partial charge in [0.15, 0.2) is 10.3 Å². The third-order valence-corrected chi connectivity index (χ3v) is 4.50. The smallest absolute Gasteiger partial charge is 0.236 e. The summed E-state index contributed by atoms with van der Waals surface area (Å²) in [6.45, 7) is 0. The SMILES string of the molecule is COc1ccc(-c2csc(NC(=O)CSc3ncn[nH]3)n2)cc1.Cl. The van der Waals surface area contributed by atoms with E-state index in [1.54, 1.807) is 7.11 Å². The lowest BCUT2D eigenvalue weighted by molar-refractivity contribution is -0.113. The lowest BCUT2D eigenvalue weighted by Gasteiger charge is -2.01. The van der Waals surface area contributed by atoms with Gasteiger partial charge in [0.25, 0.3) is 0 Å². The van der Waals surface area contributed by atoms with Crippen LogP contribution >= 0.6 is 35.5 Å². The molecule has 7 nitrogen and oxygen atoms in total. The summed E-state index contributed by atoms with van der Waals surface area (Å²) in [6, 6.07) is 7.61. The second-order valence-electron chi connectivity index (χ2n) is 4.39. The first-order valence-corrected chi connectivity index (χ1v) is 8.49. The van der Waals surface area contributed by atoms with E-state index in [0.29, 0.717) is 10.3 Å². The minimum atomic E-state index is -0.137. The van der Waals surface area contributed by atoms with Gasteiger partial charge < -0.3 is 10.1 Å². The summed E-state index contributed by atoms with van der Waals surface area (Å²) >= 11 is 2.67. The number of ether oxygens (including phenoxy) is 1. The number of thioether (sulfide) groups is 1. The number of nitrogens with zero attached hydrogens (tertiary/aromatic N) is 3. The van der Waals surface area contributed by atoms with Crippen LogP contribution in [0.1, 0.15) is 0 Å². The molecule has 0 saturated carbocycles. The molecule has 2 heterocycles. The van der Waals surface area contributed by atoms with Gasteiger partial charge in [0, 0.05) is 10.9 Å². The van der Waals surface area contributed by atoms with Gasteiger partial charge in [0.2, 0.25) is 5.91 Å². The fraction of sp³-hybridized carbons (Fsp3) is 0.143. The van der Waals surface area contributed by atoms with Crippen molar-refractivity contribution >= 4 is 46.5 Å². The van der Waals surface area contributed by atoms with E-state index < -0.39 is 0 Å². The second kappa shape index (κ2) is 8.67. The number of aromatic amines is 1. The van der Waals surface area contributed by atoms with Crippen molar-refractivity contribution in [2.24, 2.45) is 0 Å². The van der Waals surface area contributed by atoms with Gasteiger partial charge in [-0.3, -0.25) is 9.89 Å². The maximum absolute atomic E-state index is 11.9. The summed E-state index contributed by atoms with van der Waals surface area (Å²) in [6.07, 6.45) is 1.40. The van der Waals surface area contributed by atoms with Crippen LogP contribution in [0.2, 0.25) is 0 Å². The predicted molar refractivity (Wildman–Crippen MR) is 97.1 cm³/mol. The van der Waals surface area contributed by atoms with Crippen LogP contribution in [-0.2, 0) is 4.79 Å². The summed E-state index contributed by atoms with van der Waals surface area (Å²) < 4.78 is 5.13. The topological polar surface area (TPSA) is 92.8 Å². The van der Waals surface area contributed by atoms with Crippen molar-refractivity contribution in [2.45, 2.75) is 5.16 Å². The van der Waals surface area contributed by atoms with Crippen LogP contribution in [0.15, 0.2) is 41.1 Å². The highest BCUT2D eigenvalue weighted by molar-refractivity contribution is 7.99. The van der Waals surface area contributed by atoms with Crippen molar-refractivity contribution in [2.75, 3.05) is 18.2 Å². The monoisotopic (exact) mass is 383 g/mol. The third-order valence-electron chi connectivity index (χ3n) is 2.87. The van der Waals surface area contributed by atoms with Gasteiger partial charge in [-0.05, 0) is 24.3 Å². The van der Waals surface area contributed by atoms with Crippen LogP contribution in [0.25, 0.3) is 11.3 Å². The molecule has 2 N–H and O–H groups in total. The minimum absolute atomic E-state index is 0. The molecule has 3 rings (SSSR count). The predicted octanol–water partition coefficient (Wildman–Crippen LogP) is 3.09. The number of methoxy groups -OCH3 is 1. The molecule has 0 radical (unpaired) electrons. The number of thiazole rings is 1. The van der Waals surface area contributed by atoms with Gasteiger partial charge in [0.05, 0.1) is 18.6 Å². The fourth-order valence-electron chi connectivity index (χ4n) is 1.78. The molecular weight excluding hydrogens is 370 g/mol. The van der Waals surface area contributed by atoms with Crippen LogP contribution in [0.3, 0.4) is 0 Å². The minimum Gasteiger partial charge on any atom is -0.497 e. The molecular formula is C14H14ClN5O2S2. The van der Waals surface area contributed by atoms with E-state index in [0.717, 1.165) is 17.0 Å². The van der Waals surface area contributed by atoms with Crippen molar-refractivity contribution in [3.8, 4) is 17.0 Å². The summed E-state index contributed by atoms with van der Waals surface area (Å²) in [4.78, 5) is 20.3. The summed E-state index contributed by atoms with van der Waals surface area (Å²) in [5.74, 6) is 0.899. The van der Waals surface area contributed by atoms with Gasteiger partial charge in [0.1, 0.15) is 12.1 Å². The average molecular weight is 384 g/mol. The molecule has 0 aliphatic heterocycles. The molecule has 0 aliphatic carbocycles. The highest BCUT2D eigenvalue weighted by Gasteiger charge is 2.09. The zero-order valence-electron chi connectivity index (χ0n) is 12.6. The van der Waals surface area contributed by atoms with E-state index in [-0.39, 0.29) is 24.1 Å². The van der Waals surface area contributed by atoms with Crippen molar-refractivity contribution in [1.82, 2.24) is 20.2 Å². The number of aromatic nitrogens is 4. The van der Waals surface area contributed by atoms with Crippen molar-refractivity contribution < 1.29 is 9.53 Å². The van der Waals surface area contributed by atoms with E-state index in [1.165, 1.54) is 29.4 Å². The number of hydrogen-bond acceptors (Lipinski definition) is 7. The molecule has 10 heteroatoms. The van der Waals surface area contributed by atoms with Gasteiger partial charge in [-0.25, -0.2) is 9.97 Å². The maximum atomic E-state index is 11.9. The Labute approximate surface area is 152 Å². The fourth-order valence-corrected chi connectivity index (χ4v) is 3.09. The van der Waals surface area contributed by atoms with E-state index in [2.05, 4.69) is 25.5 Å². The summed E-state index contributed by atoms with van der Waals surface area (Å²) in [7, 11) is 1.63. The molecule has 0 unspecified atom stereocenters. The van der Waals surface area contributed by atoms with Gasteiger partial charge in [-0.1, -0.05) is 11.8 Å². The number of halogens is 1. The largest absolute Gasteiger partial charge is 0.497 e.